The molecule has 1 heterocycles. The molecule has 0 amide bonds. The van der Waals surface area contributed by atoms with Gasteiger partial charge in [0, 0.05) is 17.7 Å². The lowest BCUT2D eigenvalue weighted by Crippen LogP contribution is -2.12. The summed E-state index contributed by atoms with van der Waals surface area (Å²) in [6.07, 6.45) is 0. The maximum Gasteiger partial charge on any atom is 0.252 e. The number of rotatable bonds is 2. The molecule has 0 fully saturated rings. The van der Waals surface area contributed by atoms with Gasteiger partial charge in [-0.15, -0.1) is 0 Å². The van der Waals surface area contributed by atoms with Crippen LogP contribution < -0.4 is 5.56 Å². The van der Waals surface area contributed by atoms with Gasteiger partial charge in [0.05, 0.1) is 5.69 Å². The van der Waals surface area contributed by atoms with Gasteiger partial charge in [-0.05, 0) is 0 Å². The maximum atomic E-state index is 11.9. The summed E-state index contributed by atoms with van der Waals surface area (Å²) in [5.74, 6) is -0.545. The number of carbonyl (C=O) groups is 1. The van der Waals surface area contributed by atoms with E-state index < -0.39 is 5.56 Å². The predicted molar refractivity (Wildman–Crippen MR) is 58.6 cm³/mol. The number of H-pyrrole nitrogens is 1. The molecule has 2 rings (SSSR count). The number of hydrogen-bond acceptors (Lipinski definition) is 3. The van der Waals surface area contributed by atoms with E-state index in [1.807, 2.05) is 0 Å². The average Bonchev–Trinajstić information content (AvgIpc) is 2.28. The predicted octanol–water partition coefficient (Wildman–Crippen LogP) is 1.31. The molecule has 0 saturated heterocycles. The lowest BCUT2D eigenvalue weighted by molar-refractivity contribution is 0.103. The highest BCUT2D eigenvalue weighted by Crippen LogP contribution is 2.10. The Balaban J connectivity index is 2.46. The molecular weight excluding hydrogens is 206 g/mol. The summed E-state index contributed by atoms with van der Waals surface area (Å²) in [5, 5.41) is 9.22. The Labute approximate surface area is 91.2 Å². The third-order valence-electron chi connectivity index (χ3n) is 2.11. The van der Waals surface area contributed by atoms with Crippen LogP contribution in [-0.2, 0) is 0 Å². The Bertz CT molecular complexity index is 572. The van der Waals surface area contributed by atoms with Crippen molar-refractivity contribution in [3.8, 4) is 5.75 Å². The highest BCUT2D eigenvalue weighted by Gasteiger charge is 2.10. The molecule has 0 aliphatic rings. The second-order valence-electron chi connectivity index (χ2n) is 3.31. The SMILES string of the molecule is O=C(c1ccccc1)c1cc(O)cc(=O)[nH]1. The summed E-state index contributed by atoms with van der Waals surface area (Å²) >= 11 is 0. The highest BCUT2D eigenvalue weighted by molar-refractivity contribution is 6.07. The number of hydrogen-bond donors (Lipinski definition) is 2. The Kier molecular flexibility index (Phi) is 2.55. The molecular formula is C12H9NO3. The van der Waals surface area contributed by atoms with Crippen LogP contribution in [0.25, 0.3) is 0 Å². The Morgan fingerprint density at radius 1 is 1.12 bits per heavy atom. The third-order valence-corrected chi connectivity index (χ3v) is 2.11. The van der Waals surface area contributed by atoms with Gasteiger partial charge in [0.25, 0.3) is 5.56 Å². The van der Waals surface area contributed by atoms with Crippen LogP contribution in [0, 0.1) is 0 Å². The van der Waals surface area contributed by atoms with Crippen LogP contribution in [-0.4, -0.2) is 15.9 Å². The summed E-state index contributed by atoms with van der Waals surface area (Å²) in [6.45, 7) is 0. The van der Waals surface area contributed by atoms with Crippen molar-refractivity contribution in [3.63, 3.8) is 0 Å². The van der Waals surface area contributed by atoms with Crippen LogP contribution in [0.3, 0.4) is 0 Å². The molecule has 16 heavy (non-hydrogen) atoms. The number of aromatic hydroxyl groups is 1. The van der Waals surface area contributed by atoms with Crippen molar-refractivity contribution in [1.29, 1.82) is 0 Å². The Morgan fingerprint density at radius 3 is 2.44 bits per heavy atom. The summed E-state index contributed by atoms with van der Waals surface area (Å²) in [5.41, 5.74) is 0.0410. The number of carbonyl (C=O) groups excluding carboxylic acids is 1. The molecule has 0 aliphatic carbocycles. The standard InChI is InChI=1S/C12H9NO3/c14-9-6-10(13-11(15)7-9)12(16)8-4-2-1-3-5-8/h1-7H,(H2,13,14,15). The van der Waals surface area contributed by atoms with E-state index >= 15 is 0 Å². The molecule has 0 spiro atoms. The first-order valence-electron chi connectivity index (χ1n) is 4.70. The number of aromatic amines is 1. The van der Waals surface area contributed by atoms with Crippen LogP contribution >= 0.6 is 0 Å². The largest absolute Gasteiger partial charge is 0.508 e. The quantitative estimate of drug-likeness (QED) is 0.742. The Hall–Kier alpha value is -2.36. The van der Waals surface area contributed by atoms with Crippen LogP contribution in [0.4, 0.5) is 0 Å². The fourth-order valence-corrected chi connectivity index (χ4v) is 1.40. The summed E-state index contributed by atoms with van der Waals surface area (Å²) in [7, 11) is 0. The molecule has 4 heteroatoms. The molecule has 0 unspecified atom stereocenters. The molecule has 0 atom stereocenters. The lowest BCUT2D eigenvalue weighted by atomic mass is 10.1. The number of nitrogens with one attached hydrogen (secondary N) is 1. The second-order valence-corrected chi connectivity index (χ2v) is 3.31. The normalized spacial score (nSPS) is 10.0. The van der Waals surface area contributed by atoms with E-state index in [0.29, 0.717) is 5.56 Å². The number of ketones is 1. The molecule has 0 radical (unpaired) electrons. The number of benzene rings is 1. The van der Waals surface area contributed by atoms with Crippen molar-refractivity contribution in [2.75, 3.05) is 0 Å². The van der Waals surface area contributed by atoms with Crippen LogP contribution in [0.1, 0.15) is 16.1 Å². The first-order valence-corrected chi connectivity index (χ1v) is 4.70. The zero-order valence-corrected chi connectivity index (χ0v) is 8.31. The molecule has 4 nitrogen and oxygen atoms in total. The van der Waals surface area contributed by atoms with Crippen molar-refractivity contribution in [1.82, 2.24) is 4.98 Å². The van der Waals surface area contributed by atoms with Gasteiger partial charge in [0.15, 0.2) is 0 Å². The smallest absolute Gasteiger partial charge is 0.252 e. The van der Waals surface area contributed by atoms with E-state index in [4.69, 9.17) is 0 Å². The second kappa shape index (κ2) is 4.02. The van der Waals surface area contributed by atoms with Gasteiger partial charge in [-0.3, -0.25) is 9.59 Å². The first kappa shape index (κ1) is 10.2. The van der Waals surface area contributed by atoms with E-state index in [1.165, 1.54) is 6.07 Å². The van der Waals surface area contributed by atoms with E-state index in [2.05, 4.69) is 4.98 Å². The van der Waals surface area contributed by atoms with Crippen molar-refractivity contribution < 1.29 is 9.90 Å². The van der Waals surface area contributed by atoms with Crippen LogP contribution in [0.15, 0.2) is 47.3 Å². The van der Waals surface area contributed by atoms with Crippen LogP contribution in [0.5, 0.6) is 5.75 Å². The van der Waals surface area contributed by atoms with Crippen molar-refractivity contribution >= 4 is 5.78 Å². The van der Waals surface area contributed by atoms with E-state index in [0.717, 1.165) is 6.07 Å². The average molecular weight is 215 g/mol. The molecule has 0 bridgehead atoms. The van der Waals surface area contributed by atoms with Gasteiger partial charge in [-0.25, -0.2) is 0 Å². The molecule has 0 saturated carbocycles. The van der Waals surface area contributed by atoms with Crippen LogP contribution in [0.2, 0.25) is 0 Å². The molecule has 80 valence electrons. The summed E-state index contributed by atoms with van der Waals surface area (Å²) in [6, 6.07) is 10.8. The maximum absolute atomic E-state index is 11.9. The number of aromatic nitrogens is 1. The molecule has 2 aromatic rings. The number of pyridine rings is 1. The van der Waals surface area contributed by atoms with Gasteiger partial charge in [0.1, 0.15) is 5.75 Å². The lowest BCUT2D eigenvalue weighted by Gasteiger charge is -2.01. The van der Waals surface area contributed by atoms with E-state index in [9.17, 15) is 14.7 Å². The zero-order valence-electron chi connectivity index (χ0n) is 8.31. The molecule has 2 N–H and O–H groups in total. The fraction of sp³-hybridized carbons (Fsp3) is 0. The third kappa shape index (κ3) is 2.00. The topological polar surface area (TPSA) is 70.2 Å². The van der Waals surface area contributed by atoms with E-state index in [-0.39, 0.29) is 17.2 Å². The van der Waals surface area contributed by atoms with E-state index in [1.54, 1.807) is 30.3 Å². The van der Waals surface area contributed by atoms with Gasteiger partial charge >= 0.3 is 0 Å². The van der Waals surface area contributed by atoms with Crippen molar-refractivity contribution in [3.05, 3.63) is 64.1 Å². The minimum Gasteiger partial charge on any atom is -0.508 e. The van der Waals surface area contributed by atoms with Gasteiger partial charge in [-0.2, -0.15) is 0 Å². The van der Waals surface area contributed by atoms with Crippen molar-refractivity contribution in [2.24, 2.45) is 0 Å². The van der Waals surface area contributed by atoms with Crippen molar-refractivity contribution in [2.45, 2.75) is 0 Å². The molecule has 0 aliphatic heterocycles. The molecule has 1 aromatic carbocycles. The Morgan fingerprint density at radius 2 is 1.81 bits per heavy atom. The molecule has 1 aromatic heterocycles. The zero-order chi connectivity index (χ0) is 11.5. The van der Waals surface area contributed by atoms with Gasteiger partial charge < -0.3 is 10.1 Å². The fourth-order valence-electron chi connectivity index (χ4n) is 1.40. The monoisotopic (exact) mass is 215 g/mol. The van der Waals surface area contributed by atoms with Gasteiger partial charge in [0.2, 0.25) is 5.78 Å². The van der Waals surface area contributed by atoms with Gasteiger partial charge in [-0.1, -0.05) is 30.3 Å². The highest BCUT2D eigenvalue weighted by atomic mass is 16.3. The minimum atomic E-state index is -0.501. The minimum absolute atomic E-state index is 0.0798. The first-order chi connectivity index (χ1) is 7.66. The summed E-state index contributed by atoms with van der Waals surface area (Å²) < 4.78 is 0. The summed E-state index contributed by atoms with van der Waals surface area (Å²) in [4.78, 5) is 25.3.